The van der Waals surface area contributed by atoms with Gasteiger partial charge in [-0.2, -0.15) is 4.98 Å². The number of amides is 1. The third-order valence-electron chi connectivity index (χ3n) is 4.23. The Morgan fingerprint density at radius 3 is 2.86 bits per heavy atom. The van der Waals surface area contributed by atoms with E-state index in [4.69, 9.17) is 9.26 Å². The number of methoxy groups -OCH3 is 1. The molecule has 146 valence electrons. The highest BCUT2D eigenvalue weighted by atomic mass is 16.5. The van der Waals surface area contributed by atoms with Gasteiger partial charge < -0.3 is 19.1 Å². The van der Waals surface area contributed by atoms with E-state index in [0.717, 1.165) is 5.56 Å². The normalized spacial score (nSPS) is 10.7. The SMILES string of the molecule is COc1ccccc1NC(=O)Cn1cc(-c2noc(-c3cccnc3)n2)nc1C. The van der Waals surface area contributed by atoms with Crippen LogP contribution in [0.15, 0.2) is 59.5 Å². The zero-order valence-electron chi connectivity index (χ0n) is 15.9. The minimum atomic E-state index is -0.203. The predicted octanol–water partition coefficient (Wildman–Crippen LogP) is 2.95. The quantitative estimate of drug-likeness (QED) is 0.539. The molecule has 0 aliphatic carbocycles. The molecule has 0 saturated carbocycles. The van der Waals surface area contributed by atoms with Gasteiger partial charge in [0.2, 0.25) is 11.7 Å². The van der Waals surface area contributed by atoms with Crippen LogP contribution in [0.4, 0.5) is 5.69 Å². The molecular formula is C20H18N6O3. The van der Waals surface area contributed by atoms with Gasteiger partial charge in [-0.05, 0) is 31.2 Å². The summed E-state index contributed by atoms with van der Waals surface area (Å²) >= 11 is 0. The number of nitrogens with one attached hydrogen (secondary N) is 1. The largest absolute Gasteiger partial charge is 0.495 e. The summed E-state index contributed by atoms with van der Waals surface area (Å²) in [4.78, 5) is 25.3. The average Bonchev–Trinajstić information content (AvgIpc) is 3.36. The summed E-state index contributed by atoms with van der Waals surface area (Å²) in [6.45, 7) is 1.90. The molecule has 0 fully saturated rings. The lowest BCUT2D eigenvalue weighted by Crippen LogP contribution is -2.19. The molecule has 0 aliphatic rings. The fraction of sp³-hybridized carbons (Fsp3) is 0.150. The minimum absolute atomic E-state index is 0.0875. The van der Waals surface area contributed by atoms with Gasteiger partial charge in [-0.25, -0.2) is 4.98 Å². The van der Waals surface area contributed by atoms with Gasteiger partial charge in [0.1, 0.15) is 23.8 Å². The third-order valence-corrected chi connectivity index (χ3v) is 4.23. The van der Waals surface area contributed by atoms with Crippen LogP contribution in [-0.4, -0.2) is 37.7 Å². The summed E-state index contributed by atoms with van der Waals surface area (Å²) < 4.78 is 12.3. The van der Waals surface area contributed by atoms with Gasteiger partial charge in [-0.3, -0.25) is 9.78 Å². The van der Waals surface area contributed by atoms with E-state index in [9.17, 15) is 4.79 Å². The minimum Gasteiger partial charge on any atom is -0.495 e. The molecule has 0 unspecified atom stereocenters. The number of anilines is 1. The number of benzene rings is 1. The van der Waals surface area contributed by atoms with Gasteiger partial charge in [-0.1, -0.05) is 17.3 Å². The zero-order valence-corrected chi connectivity index (χ0v) is 15.9. The van der Waals surface area contributed by atoms with Crippen molar-refractivity contribution in [2.24, 2.45) is 0 Å². The molecule has 3 aromatic heterocycles. The molecule has 9 nitrogen and oxygen atoms in total. The zero-order chi connectivity index (χ0) is 20.2. The number of para-hydroxylation sites is 2. The second kappa shape index (κ2) is 7.93. The molecule has 0 radical (unpaired) electrons. The Labute approximate surface area is 166 Å². The maximum Gasteiger partial charge on any atom is 0.259 e. The van der Waals surface area contributed by atoms with Crippen LogP contribution in [0.25, 0.3) is 23.0 Å². The van der Waals surface area contributed by atoms with Crippen molar-refractivity contribution in [2.45, 2.75) is 13.5 Å². The highest BCUT2D eigenvalue weighted by Crippen LogP contribution is 2.24. The predicted molar refractivity (Wildman–Crippen MR) is 105 cm³/mol. The number of hydrogen-bond acceptors (Lipinski definition) is 7. The standard InChI is InChI=1S/C20H18N6O3/c1-13-22-16(19-24-20(29-25-19)14-6-5-9-21-10-14)11-26(13)12-18(27)23-15-7-3-4-8-17(15)28-2/h3-11H,12H2,1-2H3,(H,23,27). The van der Waals surface area contributed by atoms with Crippen LogP contribution in [0.2, 0.25) is 0 Å². The molecule has 29 heavy (non-hydrogen) atoms. The van der Waals surface area contributed by atoms with E-state index in [2.05, 4.69) is 25.4 Å². The highest BCUT2D eigenvalue weighted by Gasteiger charge is 2.16. The number of hydrogen-bond donors (Lipinski definition) is 1. The maximum atomic E-state index is 12.5. The van der Waals surface area contributed by atoms with Crippen LogP contribution in [0.1, 0.15) is 5.82 Å². The summed E-state index contributed by atoms with van der Waals surface area (Å²) in [6, 6.07) is 10.9. The number of aromatic nitrogens is 5. The Balaban J connectivity index is 1.50. The molecule has 1 aromatic carbocycles. The van der Waals surface area contributed by atoms with Crippen molar-refractivity contribution in [1.82, 2.24) is 24.7 Å². The molecule has 4 aromatic rings. The highest BCUT2D eigenvalue weighted by molar-refractivity contribution is 5.92. The van der Waals surface area contributed by atoms with E-state index in [1.54, 1.807) is 48.5 Å². The van der Waals surface area contributed by atoms with E-state index in [1.807, 2.05) is 25.1 Å². The van der Waals surface area contributed by atoms with E-state index in [-0.39, 0.29) is 12.5 Å². The van der Waals surface area contributed by atoms with Crippen LogP contribution in [0, 0.1) is 6.92 Å². The van der Waals surface area contributed by atoms with Crippen molar-refractivity contribution >= 4 is 11.6 Å². The number of ether oxygens (including phenoxy) is 1. The summed E-state index contributed by atoms with van der Waals surface area (Å²) in [7, 11) is 1.56. The molecule has 0 spiro atoms. The summed E-state index contributed by atoms with van der Waals surface area (Å²) in [6.07, 6.45) is 5.03. The van der Waals surface area contributed by atoms with Gasteiger partial charge in [0.15, 0.2) is 0 Å². The number of nitrogens with zero attached hydrogens (tertiary/aromatic N) is 5. The molecule has 1 N–H and O–H groups in total. The molecule has 0 atom stereocenters. The lowest BCUT2D eigenvalue weighted by molar-refractivity contribution is -0.116. The number of rotatable bonds is 6. The molecule has 3 heterocycles. The van der Waals surface area contributed by atoms with Crippen molar-refractivity contribution in [3.63, 3.8) is 0 Å². The van der Waals surface area contributed by atoms with E-state index in [0.29, 0.717) is 34.7 Å². The first kappa shape index (κ1) is 18.4. The third kappa shape index (κ3) is 3.98. The van der Waals surface area contributed by atoms with Crippen molar-refractivity contribution in [3.05, 3.63) is 60.8 Å². The van der Waals surface area contributed by atoms with E-state index < -0.39 is 0 Å². The van der Waals surface area contributed by atoms with Crippen molar-refractivity contribution < 1.29 is 14.1 Å². The van der Waals surface area contributed by atoms with Gasteiger partial charge in [0.05, 0.1) is 18.4 Å². The second-order valence-corrected chi connectivity index (χ2v) is 6.21. The van der Waals surface area contributed by atoms with Crippen LogP contribution >= 0.6 is 0 Å². The molecule has 0 aliphatic heterocycles. The van der Waals surface area contributed by atoms with Gasteiger partial charge in [0, 0.05) is 18.6 Å². The van der Waals surface area contributed by atoms with Crippen molar-refractivity contribution in [3.8, 4) is 28.7 Å². The lowest BCUT2D eigenvalue weighted by Gasteiger charge is -2.10. The molecule has 0 saturated heterocycles. The summed E-state index contributed by atoms with van der Waals surface area (Å²) in [5.74, 6) is 1.75. The molecular weight excluding hydrogens is 372 g/mol. The Bertz CT molecular complexity index is 1140. The Hall–Kier alpha value is -4.01. The summed E-state index contributed by atoms with van der Waals surface area (Å²) in [5, 5.41) is 6.82. The Morgan fingerprint density at radius 2 is 2.07 bits per heavy atom. The monoisotopic (exact) mass is 390 g/mol. The van der Waals surface area contributed by atoms with E-state index in [1.165, 1.54) is 0 Å². The number of aryl methyl sites for hydroxylation is 1. The van der Waals surface area contributed by atoms with Crippen LogP contribution in [0.5, 0.6) is 5.75 Å². The average molecular weight is 390 g/mol. The van der Waals surface area contributed by atoms with Gasteiger partial charge in [0.25, 0.3) is 5.89 Å². The first-order valence-electron chi connectivity index (χ1n) is 8.85. The Morgan fingerprint density at radius 1 is 1.21 bits per heavy atom. The fourth-order valence-electron chi connectivity index (χ4n) is 2.80. The first-order valence-corrected chi connectivity index (χ1v) is 8.85. The maximum absolute atomic E-state index is 12.5. The van der Waals surface area contributed by atoms with Crippen molar-refractivity contribution in [2.75, 3.05) is 12.4 Å². The van der Waals surface area contributed by atoms with Crippen molar-refractivity contribution in [1.29, 1.82) is 0 Å². The second-order valence-electron chi connectivity index (χ2n) is 6.21. The molecule has 9 heteroatoms. The van der Waals surface area contributed by atoms with Crippen LogP contribution < -0.4 is 10.1 Å². The topological polar surface area (TPSA) is 108 Å². The van der Waals surface area contributed by atoms with Crippen LogP contribution in [0.3, 0.4) is 0 Å². The number of carbonyl (C=O) groups excluding carboxylic acids is 1. The number of pyridine rings is 1. The smallest absolute Gasteiger partial charge is 0.259 e. The summed E-state index contributed by atoms with van der Waals surface area (Å²) in [5.41, 5.74) is 1.85. The lowest BCUT2D eigenvalue weighted by atomic mass is 10.3. The fourth-order valence-corrected chi connectivity index (χ4v) is 2.80. The Kier molecular flexibility index (Phi) is 5.02. The molecule has 1 amide bonds. The number of carbonyl (C=O) groups is 1. The van der Waals surface area contributed by atoms with Crippen LogP contribution in [-0.2, 0) is 11.3 Å². The molecule has 0 bridgehead atoms. The number of imidazole rings is 1. The first-order chi connectivity index (χ1) is 14.1. The van der Waals surface area contributed by atoms with E-state index >= 15 is 0 Å². The van der Waals surface area contributed by atoms with Gasteiger partial charge >= 0.3 is 0 Å². The molecule has 4 rings (SSSR count). The van der Waals surface area contributed by atoms with Gasteiger partial charge in [-0.15, -0.1) is 0 Å².